The summed E-state index contributed by atoms with van der Waals surface area (Å²) in [5.74, 6) is 1.45. The van der Waals surface area contributed by atoms with E-state index < -0.39 is 6.10 Å². The summed E-state index contributed by atoms with van der Waals surface area (Å²) in [6.07, 6.45) is 2.63. The lowest BCUT2D eigenvalue weighted by molar-refractivity contribution is -0.127. The number of hydrogen-bond acceptors (Lipinski definition) is 6. The number of rotatable bonds is 5. The Kier molecular flexibility index (Phi) is 4.60. The molecule has 1 aromatic carbocycles. The molecule has 0 radical (unpaired) electrons. The summed E-state index contributed by atoms with van der Waals surface area (Å²) in [7, 11) is 0. The molecule has 24 heavy (non-hydrogen) atoms. The first-order valence-electron chi connectivity index (χ1n) is 7.44. The lowest BCUT2D eigenvalue weighted by Gasteiger charge is -2.13. The van der Waals surface area contributed by atoms with E-state index >= 15 is 0 Å². The number of fused-ring (bicyclic) bond motifs is 1. The van der Waals surface area contributed by atoms with Crippen molar-refractivity contribution in [2.75, 3.05) is 6.79 Å². The molecule has 1 atom stereocenters. The fraction of sp³-hybridized carbons (Fsp3) is 0.235. The highest BCUT2D eigenvalue weighted by Crippen LogP contribution is 2.35. The molecule has 0 fully saturated rings. The van der Waals surface area contributed by atoms with Gasteiger partial charge in [0.15, 0.2) is 17.6 Å². The number of nitrogens with zero attached hydrogens (tertiary/aromatic N) is 2. The van der Waals surface area contributed by atoms with Crippen molar-refractivity contribution in [3.8, 4) is 17.2 Å². The Morgan fingerprint density at radius 1 is 1.25 bits per heavy atom. The zero-order valence-electron chi connectivity index (χ0n) is 13.4. The molecule has 0 bridgehead atoms. The van der Waals surface area contributed by atoms with Crippen LogP contribution < -0.4 is 19.6 Å². The van der Waals surface area contributed by atoms with Crippen molar-refractivity contribution in [3.05, 3.63) is 48.3 Å². The van der Waals surface area contributed by atoms with Crippen LogP contribution in [0, 0.1) is 0 Å². The van der Waals surface area contributed by atoms with Crippen LogP contribution in [0.1, 0.15) is 19.4 Å². The molecule has 2 aromatic rings. The normalized spacial score (nSPS) is 14.2. The Morgan fingerprint density at radius 2 is 2.00 bits per heavy atom. The van der Waals surface area contributed by atoms with Crippen LogP contribution in [0.15, 0.2) is 47.8 Å². The fourth-order valence-electron chi connectivity index (χ4n) is 2.10. The van der Waals surface area contributed by atoms with Gasteiger partial charge in [0.2, 0.25) is 6.79 Å². The summed E-state index contributed by atoms with van der Waals surface area (Å²) in [6.45, 7) is 3.65. The van der Waals surface area contributed by atoms with Crippen LogP contribution in [0.2, 0.25) is 0 Å². The van der Waals surface area contributed by atoms with Crippen molar-refractivity contribution in [3.63, 3.8) is 0 Å². The van der Waals surface area contributed by atoms with Gasteiger partial charge in [0.25, 0.3) is 5.91 Å². The highest BCUT2D eigenvalue weighted by molar-refractivity contribution is 5.99. The molecule has 1 aliphatic rings. The van der Waals surface area contributed by atoms with Gasteiger partial charge in [-0.3, -0.25) is 9.78 Å². The minimum Gasteiger partial charge on any atom is -0.481 e. The zero-order valence-corrected chi connectivity index (χ0v) is 13.4. The highest BCUT2D eigenvalue weighted by Gasteiger charge is 2.18. The van der Waals surface area contributed by atoms with Crippen LogP contribution in [-0.2, 0) is 4.79 Å². The van der Waals surface area contributed by atoms with E-state index in [4.69, 9.17) is 14.2 Å². The Labute approximate surface area is 139 Å². The van der Waals surface area contributed by atoms with Crippen molar-refractivity contribution in [1.82, 2.24) is 10.4 Å². The molecule has 124 valence electrons. The van der Waals surface area contributed by atoms with E-state index in [1.165, 1.54) is 0 Å². The van der Waals surface area contributed by atoms with Gasteiger partial charge < -0.3 is 14.2 Å². The standard InChI is InChI=1S/C17H17N3O4/c1-11(13-5-7-18-8-6-13)19-20-17(21)12(2)24-14-3-4-15-16(9-14)23-10-22-15/h3-9,12H,10H2,1-2H3,(H,20,21). The monoisotopic (exact) mass is 327 g/mol. The second-order valence-electron chi connectivity index (χ2n) is 5.18. The Bertz CT molecular complexity index is 762. The minimum absolute atomic E-state index is 0.192. The first-order valence-corrected chi connectivity index (χ1v) is 7.44. The number of ether oxygens (including phenoxy) is 3. The van der Waals surface area contributed by atoms with E-state index in [9.17, 15) is 4.79 Å². The molecule has 0 aliphatic carbocycles. The summed E-state index contributed by atoms with van der Waals surface area (Å²) in [5.41, 5.74) is 4.07. The summed E-state index contributed by atoms with van der Waals surface area (Å²) >= 11 is 0. The molecule has 1 aliphatic heterocycles. The number of benzene rings is 1. The molecule has 3 rings (SSSR count). The quantitative estimate of drug-likeness (QED) is 0.672. The first kappa shape index (κ1) is 15.8. The van der Waals surface area contributed by atoms with Gasteiger partial charge >= 0.3 is 0 Å². The van der Waals surface area contributed by atoms with E-state index in [2.05, 4.69) is 15.5 Å². The molecule has 0 spiro atoms. The van der Waals surface area contributed by atoms with Crippen molar-refractivity contribution >= 4 is 11.6 Å². The van der Waals surface area contributed by atoms with Gasteiger partial charge in [0.1, 0.15) is 5.75 Å². The molecule has 0 saturated heterocycles. The van der Waals surface area contributed by atoms with E-state index in [0.717, 1.165) is 5.56 Å². The van der Waals surface area contributed by atoms with Crippen molar-refractivity contribution in [2.45, 2.75) is 20.0 Å². The van der Waals surface area contributed by atoms with E-state index in [0.29, 0.717) is 23.0 Å². The van der Waals surface area contributed by atoms with Crippen LogP contribution in [0.5, 0.6) is 17.2 Å². The number of hydrogen-bond donors (Lipinski definition) is 1. The summed E-state index contributed by atoms with van der Waals surface area (Å²) in [6, 6.07) is 8.80. The molecule has 1 N–H and O–H groups in total. The molecule has 7 heteroatoms. The number of amides is 1. The van der Waals surface area contributed by atoms with Gasteiger partial charge in [-0.15, -0.1) is 0 Å². The predicted octanol–water partition coefficient (Wildman–Crippen LogP) is 2.12. The molecule has 7 nitrogen and oxygen atoms in total. The second kappa shape index (κ2) is 6.99. The van der Waals surface area contributed by atoms with E-state index in [1.807, 2.05) is 12.1 Å². The number of pyridine rings is 1. The average Bonchev–Trinajstić information content (AvgIpc) is 3.07. The van der Waals surface area contributed by atoms with Crippen LogP contribution in [-0.4, -0.2) is 29.5 Å². The molecule has 2 heterocycles. The third-order valence-corrected chi connectivity index (χ3v) is 3.46. The van der Waals surface area contributed by atoms with Crippen molar-refractivity contribution < 1.29 is 19.0 Å². The second-order valence-corrected chi connectivity index (χ2v) is 5.18. The number of aromatic nitrogens is 1. The van der Waals surface area contributed by atoms with Gasteiger partial charge in [0, 0.05) is 24.0 Å². The zero-order chi connectivity index (χ0) is 16.9. The van der Waals surface area contributed by atoms with Gasteiger partial charge in [-0.2, -0.15) is 5.10 Å². The SMILES string of the molecule is CC(=NNC(=O)C(C)Oc1ccc2c(c1)OCO2)c1ccncc1. The number of nitrogens with one attached hydrogen (secondary N) is 1. The molecular weight excluding hydrogens is 310 g/mol. The Morgan fingerprint density at radius 3 is 2.79 bits per heavy atom. The van der Waals surface area contributed by atoms with Crippen molar-refractivity contribution in [1.29, 1.82) is 0 Å². The minimum atomic E-state index is -0.709. The average molecular weight is 327 g/mol. The maximum atomic E-state index is 12.1. The van der Waals surface area contributed by atoms with Crippen LogP contribution >= 0.6 is 0 Å². The Balaban J connectivity index is 1.59. The van der Waals surface area contributed by atoms with Gasteiger partial charge in [-0.05, 0) is 38.1 Å². The van der Waals surface area contributed by atoms with E-state index in [-0.39, 0.29) is 12.7 Å². The largest absolute Gasteiger partial charge is 0.481 e. The number of hydrazone groups is 1. The van der Waals surface area contributed by atoms with E-state index in [1.54, 1.807) is 44.4 Å². The third-order valence-electron chi connectivity index (χ3n) is 3.46. The number of carbonyl (C=O) groups excluding carboxylic acids is 1. The summed E-state index contributed by atoms with van der Waals surface area (Å²) in [4.78, 5) is 16.0. The van der Waals surface area contributed by atoms with Gasteiger partial charge in [-0.1, -0.05) is 0 Å². The maximum absolute atomic E-state index is 12.1. The Hall–Kier alpha value is -3.09. The summed E-state index contributed by atoms with van der Waals surface area (Å²) in [5, 5.41) is 4.08. The molecule has 0 saturated carbocycles. The van der Waals surface area contributed by atoms with Gasteiger partial charge in [0.05, 0.1) is 5.71 Å². The van der Waals surface area contributed by atoms with Gasteiger partial charge in [-0.25, -0.2) is 5.43 Å². The molecule has 1 unspecified atom stereocenters. The van der Waals surface area contributed by atoms with Crippen molar-refractivity contribution in [2.24, 2.45) is 5.10 Å². The fourth-order valence-corrected chi connectivity index (χ4v) is 2.10. The first-order chi connectivity index (χ1) is 11.6. The molecule has 1 amide bonds. The van der Waals surface area contributed by atoms with Crippen LogP contribution in [0.4, 0.5) is 0 Å². The lowest BCUT2D eigenvalue weighted by Crippen LogP contribution is -2.33. The predicted molar refractivity (Wildman–Crippen MR) is 87.2 cm³/mol. The summed E-state index contributed by atoms with van der Waals surface area (Å²) < 4.78 is 16.1. The lowest BCUT2D eigenvalue weighted by atomic mass is 10.2. The third kappa shape index (κ3) is 3.62. The molecular formula is C17H17N3O4. The number of carbonyl (C=O) groups is 1. The highest BCUT2D eigenvalue weighted by atomic mass is 16.7. The smallest absolute Gasteiger partial charge is 0.280 e. The van der Waals surface area contributed by atoms with Crippen LogP contribution in [0.25, 0.3) is 0 Å². The topological polar surface area (TPSA) is 82.0 Å². The molecule has 1 aromatic heterocycles. The van der Waals surface area contributed by atoms with Crippen LogP contribution in [0.3, 0.4) is 0 Å². The maximum Gasteiger partial charge on any atom is 0.280 e.